The van der Waals surface area contributed by atoms with Crippen LogP contribution < -0.4 is 10.2 Å². The largest absolute Gasteiger partial charge is 0.369 e. The number of likely N-dealkylation sites (N-methyl/N-ethyl adjacent to an activating group) is 1. The first-order chi connectivity index (χ1) is 15.2. The van der Waals surface area contributed by atoms with Gasteiger partial charge in [-0.25, -0.2) is 0 Å². The SMILES string of the molecule is CN1CCN(c2ccc(C(=O)Nc3ccc([C@@H]4C[C@@H]4c4ccccc4)cc3)cc2)CC1. The second kappa shape index (κ2) is 8.56. The molecule has 0 radical (unpaired) electrons. The summed E-state index contributed by atoms with van der Waals surface area (Å²) in [5, 5.41) is 3.03. The van der Waals surface area contributed by atoms with Crippen LogP contribution >= 0.6 is 0 Å². The molecular weight excluding hydrogens is 382 g/mol. The second-order valence-corrected chi connectivity index (χ2v) is 8.77. The molecule has 0 spiro atoms. The van der Waals surface area contributed by atoms with Crippen LogP contribution in [0.15, 0.2) is 78.9 Å². The number of anilines is 2. The Labute approximate surface area is 184 Å². The van der Waals surface area contributed by atoms with Gasteiger partial charge < -0.3 is 15.1 Å². The van der Waals surface area contributed by atoms with Crippen LogP contribution in [-0.2, 0) is 0 Å². The van der Waals surface area contributed by atoms with Crippen molar-refractivity contribution in [1.29, 1.82) is 0 Å². The fraction of sp³-hybridized carbons (Fsp3) is 0.296. The molecule has 1 amide bonds. The van der Waals surface area contributed by atoms with Crippen molar-refractivity contribution in [2.24, 2.45) is 0 Å². The maximum Gasteiger partial charge on any atom is 0.255 e. The number of carbonyl (C=O) groups is 1. The van der Waals surface area contributed by atoms with Crippen LogP contribution in [0.4, 0.5) is 11.4 Å². The van der Waals surface area contributed by atoms with Gasteiger partial charge in [-0.15, -0.1) is 0 Å². The minimum Gasteiger partial charge on any atom is -0.369 e. The van der Waals surface area contributed by atoms with Crippen molar-refractivity contribution in [3.8, 4) is 0 Å². The van der Waals surface area contributed by atoms with Crippen molar-refractivity contribution in [2.75, 3.05) is 43.4 Å². The maximum absolute atomic E-state index is 12.7. The first-order valence-corrected chi connectivity index (χ1v) is 11.2. The van der Waals surface area contributed by atoms with Crippen LogP contribution in [0.3, 0.4) is 0 Å². The molecule has 1 aliphatic carbocycles. The van der Waals surface area contributed by atoms with E-state index in [-0.39, 0.29) is 5.91 Å². The van der Waals surface area contributed by atoms with Crippen LogP contribution in [0.2, 0.25) is 0 Å². The van der Waals surface area contributed by atoms with Crippen molar-refractivity contribution in [2.45, 2.75) is 18.3 Å². The van der Waals surface area contributed by atoms with Gasteiger partial charge in [0.25, 0.3) is 5.91 Å². The summed E-state index contributed by atoms with van der Waals surface area (Å²) in [5.74, 6) is 1.15. The van der Waals surface area contributed by atoms with Crippen molar-refractivity contribution in [3.05, 3.63) is 95.6 Å². The fourth-order valence-corrected chi connectivity index (χ4v) is 4.54. The standard InChI is InChI=1S/C27H29N3O/c1-29-15-17-30(18-16-29)24-13-9-22(10-14-24)27(31)28-23-11-7-21(8-12-23)26-19-25(26)20-5-3-2-4-6-20/h2-14,25-26H,15-19H2,1H3,(H,28,31)/t25-,26+/m1/s1. The number of benzene rings is 3. The van der Waals surface area contributed by atoms with E-state index in [0.717, 1.165) is 31.9 Å². The monoisotopic (exact) mass is 411 g/mol. The molecule has 1 aliphatic heterocycles. The molecule has 1 saturated heterocycles. The molecule has 2 atom stereocenters. The average Bonchev–Trinajstić information content (AvgIpc) is 3.62. The Morgan fingerprint density at radius 3 is 2.03 bits per heavy atom. The molecule has 5 rings (SSSR count). The highest BCUT2D eigenvalue weighted by Crippen LogP contribution is 2.54. The molecule has 0 unspecified atom stereocenters. The Balaban J connectivity index is 1.18. The third-order valence-electron chi connectivity index (χ3n) is 6.61. The van der Waals surface area contributed by atoms with E-state index in [1.54, 1.807) is 0 Å². The molecule has 158 valence electrons. The molecule has 1 saturated carbocycles. The highest BCUT2D eigenvalue weighted by molar-refractivity contribution is 6.04. The number of carbonyl (C=O) groups excluding carboxylic acids is 1. The molecule has 0 aromatic heterocycles. The fourth-order valence-electron chi connectivity index (χ4n) is 4.54. The van der Waals surface area contributed by atoms with E-state index in [2.05, 4.69) is 76.8 Å². The highest BCUT2D eigenvalue weighted by Gasteiger charge is 2.39. The smallest absolute Gasteiger partial charge is 0.255 e. The zero-order chi connectivity index (χ0) is 21.2. The van der Waals surface area contributed by atoms with E-state index in [0.29, 0.717) is 17.4 Å². The first-order valence-electron chi connectivity index (χ1n) is 11.2. The van der Waals surface area contributed by atoms with E-state index in [1.165, 1.54) is 23.2 Å². The Kier molecular flexibility index (Phi) is 5.47. The molecule has 4 nitrogen and oxygen atoms in total. The van der Waals surface area contributed by atoms with Gasteiger partial charge in [0.1, 0.15) is 0 Å². The summed E-state index contributed by atoms with van der Waals surface area (Å²) in [4.78, 5) is 17.4. The molecule has 2 fully saturated rings. The van der Waals surface area contributed by atoms with Gasteiger partial charge in [-0.2, -0.15) is 0 Å². The molecule has 4 heteroatoms. The summed E-state index contributed by atoms with van der Waals surface area (Å²) in [5.41, 5.74) is 5.49. The quantitative estimate of drug-likeness (QED) is 0.644. The molecule has 2 aliphatic rings. The lowest BCUT2D eigenvalue weighted by Gasteiger charge is -2.34. The van der Waals surface area contributed by atoms with Crippen molar-refractivity contribution in [1.82, 2.24) is 4.90 Å². The van der Waals surface area contributed by atoms with Gasteiger partial charge in [-0.1, -0.05) is 42.5 Å². The number of hydrogen-bond donors (Lipinski definition) is 1. The van der Waals surface area contributed by atoms with Crippen molar-refractivity contribution < 1.29 is 4.79 Å². The van der Waals surface area contributed by atoms with Crippen LogP contribution in [-0.4, -0.2) is 44.0 Å². The van der Waals surface area contributed by atoms with Crippen LogP contribution in [0.5, 0.6) is 0 Å². The summed E-state index contributed by atoms with van der Waals surface area (Å²) in [6.45, 7) is 4.21. The van der Waals surface area contributed by atoms with E-state index in [1.807, 2.05) is 24.3 Å². The molecule has 1 N–H and O–H groups in total. The number of amides is 1. The Morgan fingerprint density at radius 2 is 1.39 bits per heavy atom. The molecule has 3 aromatic rings. The zero-order valence-corrected chi connectivity index (χ0v) is 18.0. The highest BCUT2D eigenvalue weighted by atomic mass is 16.1. The van der Waals surface area contributed by atoms with Crippen LogP contribution in [0.25, 0.3) is 0 Å². The Morgan fingerprint density at radius 1 is 0.774 bits per heavy atom. The van der Waals surface area contributed by atoms with Crippen LogP contribution in [0.1, 0.15) is 39.7 Å². The summed E-state index contributed by atoms with van der Waals surface area (Å²) >= 11 is 0. The van der Waals surface area contributed by atoms with Gasteiger partial charge in [-0.05, 0) is 72.8 Å². The minimum absolute atomic E-state index is 0.0636. The van der Waals surface area contributed by atoms with Gasteiger partial charge in [0, 0.05) is 43.1 Å². The number of nitrogens with one attached hydrogen (secondary N) is 1. The van der Waals surface area contributed by atoms with E-state index >= 15 is 0 Å². The van der Waals surface area contributed by atoms with E-state index in [4.69, 9.17) is 0 Å². The minimum atomic E-state index is -0.0636. The zero-order valence-electron chi connectivity index (χ0n) is 18.0. The van der Waals surface area contributed by atoms with Crippen LogP contribution in [0, 0.1) is 0 Å². The normalized spacial score (nSPS) is 21.0. The summed E-state index contributed by atoms with van der Waals surface area (Å²) < 4.78 is 0. The third kappa shape index (κ3) is 4.49. The molecule has 31 heavy (non-hydrogen) atoms. The predicted molar refractivity (Wildman–Crippen MR) is 127 cm³/mol. The average molecular weight is 412 g/mol. The first kappa shape index (κ1) is 19.8. The van der Waals surface area contributed by atoms with Gasteiger partial charge in [0.2, 0.25) is 0 Å². The lowest BCUT2D eigenvalue weighted by molar-refractivity contribution is 0.102. The maximum atomic E-state index is 12.7. The molecule has 3 aromatic carbocycles. The lowest BCUT2D eigenvalue weighted by atomic mass is 10.0. The van der Waals surface area contributed by atoms with Crippen molar-refractivity contribution in [3.63, 3.8) is 0 Å². The third-order valence-corrected chi connectivity index (χ3v) is 6.61. The van der Waals surface area contributed by atoms with Gasteiger partial charge in [0.15, 0.2) is 0 Å². The Bertz CT molecular complexity index is 1020. The van der Waals surface area contributed by atoms with Gasteiger partial charge in [0.05, 0.1) is 0 Å². The number of hydrogen-bond acceptors (Lipinski definition) is 3. The second-order valence-electron chi connectivity index (χ2n) is 8.77. The number of piperazine rings is 1. The molecule has 1 heterocycles. The number of nitrogens with zero attached hydrogens (tertiary/aromatic N) is 2. The molecule has 0 bridgehead atoms. The number of rotatable bonds is 5. The van der Waals surface area contributed by atoms with Gasteiger partial charge in [-0.3, -0.25) is 4.79 Å². The lowest BCUT2D eigenvalue weighted by Crippen LogP contribution is -2.44. The summed E-state index contributed by atoms with van der Waals surface area (Å²) in [6.07, 6.45) is 1.20. The summed E-state index contributed by atoms with van der Waals surface area (Å²) in [7, 11) is 2.16. The van der Waals surface area contributed by atoms with E-state index < -0.39 is 0 Å². The van der Waals surface area contributed by atoms with E-state index in [9.17, 15) is 4.79 Å². The predicted octanol–water partition coefficient (Wildman–Crippen LogP) is 4.96. The topological polar surface area (TPSA) is 35.6 Å². The molecular formula is C27H29N3O. The van der Waals surface area contributed by atoms with Gasteiger partial charge >= 0.3 is 0 Å². The van der Waals surface area contributed by atoms with Crippen molar-refractivity contribution >= 4 is 17.3 Å². The Hall–Kier alpha value is -3.11. The summed E-state index contributed by atoms with van der Waals surface area (Å²) in [6, 6.07) is 27.0.